The highest BCUT2D eigenvalue weighted by Gasteiger charge is 2.12. The monoisotopic (exact) mass is 292 g/mol. The van der Waals surface area contributed by atoms with E-state index in [1.165, 1.54) is 10.4 Å². The molecule has 3 aromatic heterocycles. The topological polar surface area (TPSA) is 17.3 Å². The predicted molar refractivity (Wildman–Crippen MR) is 70.9 cm³/mol. The highest BCUT2D eigenvalue weighted by atomic mass is 79.9. The summed E-state index contributed by atoms with van der Waals surface area (Å²) >= 11 is 5.23. The number of fused-ring (bicyclic) bond motifs is 1. The van der Waals surface area contributed by atoms with E-state index in [2.05, 4.69) is 55.9 Å². The summed E-state index contributed by atoms with van der Waals surface area (Å²) < 4.78 is 3.04. The van der Waals surface area contributed by atoms with Crippen molar-refractivity contribution in [1.82, 2.24) is 9.38 Å². The summed E-state index contributed by atoms with van der Waals surface area (Å²) in [6, 6.07) is 8.28. The van der Waals surface area contributed by atoms with Gasteiger partial charge in [0.1, 0.15) is 4.60 Å². The Morgan fingerprint density at radius 2 is 2.19 bits per heavy atom. The number of thiophene rings is 1. The van der Waals surface area contributed by atoms with Crippen LogP contribution in [0.4, 0.5) is 0 Å². The second kappa shape index (κ2) is 3.71. The Labute approximate surface area is 106 Å². The van der Waals surface area contributed by atoms with Gasteiger partial charge in [0.25, 0.3) is 0 Å². The fourth-order valence-corrected chi connectivity index (χ4v) is 3.22. The molecule has 0 atom stereocenters. The maximum atomic E-state index is 4.58. The molecule has 0 unspecified atom stereocenters. The van der Waals surface area contributed by atoms with Crippen LogP contribution in [0.3, 0.4) is 0 Å². The second-order valence-electron chi connectivity index (χ2n) is 3.61. The first kappa shape index (κ1) is 10.1. The number of rotatable bonds is 1. The van der Waals surface area contributed by atoms with E-state index in [9.17, 15) is 0 Å². The van der Waals surface area contributed by atoms with Gasteiger partial charge in [0.05, 0.1) is 10.4 Å². The molecule has 16 heavy (non-hydrogen) atoms. The van der Waals surface area contributed by atoms with Crippen LogP contribution in [0.15, 0.2) is 40.4 Å². The molecule has 0 aromatic carbocycles. The lowest BCUT2D eigenvalue weighted by atomic mass is 10.2. The van der Waals surface area contributed by atoms with E-state index in [0.717, 1.165) is 15.9 Å². The van der Waals surface area contributed by atoms with E-state index in [-0.39, 0.29) is 0 Å². The minimum absolute atomic E-state index is 0.911. The van der Waals surface area contributed by atoms with Crippen LogP contribution in [0, 0.1) is 6.92 Å². The lowest BCUT2D eigenvalue weighted by Gasteiger charge is -2.00. The van der Waals surface area contributed by atoms with Gasteiger partial charge in [-0.05, 0) is 45.9 Å². The zero-order valence-corrected chi connectivity index (χ0v) is 11.0. The molecule has 2 nitrogen and oxygen atoms in total. The molecule has 0 N–H and O–H groups in total. The third kappa shape index (κ3) is 1.41. The van der Waals surface area contributed by atoms with Crippen LogP contribution >= 0.6 is 27.3 Å². The number of aryl methyl sites for hydroxylation is 1. The van der Waals surface area contributed by atoms with Crippen molar-refractivity contribution in [2.45, 2.75) is 6.92 Å². The smallest absolute Gasteiger partial charge is 0.156 e. The van der Waals surface area contributed by atoms with Crippen molar-refractivity contribution in [2.24, 2.45) is 0 Å². The largest absolute Gasteiger partial charge is 0.298 e. The van der Waals surface area contributed by atoms with Gasteiger partial charge in [0.2, 0.25) is 0 Å². The Kier molecular flexibility index (Phi) is 2.33. The van der Waals surface area contributed by atoms with Crippen molar-refractivity contribution in [3.63, 3.8) is 0 Å². The zero-order chi connectivity index (χ0) is 11.1. The summed E-state index contributed by atoms with van der Waals surface area (Å²) in [5.74, 6) is 1.00. The molecule has 0 fully saturated rings. The van der Waals surface area contributed by atoms with Gasteiger partial charge in [-0.3, -0.25) is 4.40 Å². The number of halogens is 1. The van der Waals surface area contributed by atoms with Gasteiger partial charge >= 0.3 is 0 Å². The molecule has 0 bridgehead atoms. The number of hydrogen-bond donors (Lipinski definition) is 0. The maximum Gasteiger partial charge on any atom is 0.156 e. The van der Waals surface area contributed by atoms with Crippen molar-refractivity contribution >= 4 is 32.8 Å². The third-order valence-corrected chi connectivity index (χ3v) is 3.98. The van der Waals surface area contributed by atoms with Gasteiger partial charge in [-0.25, -0.2) is 4.98 Å². The summed E-state index contributed by atoms with van der Waals surface area (Å²) in [4.78, 5) is 5.77. The summed E-state index contributed by atoms with van der Waals surface area (Å²) in [6.07, 6.45) is 2.05. The maximum absolute atomic E-state index is 4.58. The molecule has 0 spiro atoms. The van der Waals surface area contributed by atoms with Gasteiger partial charge < -0.3 is 0 Å². The second-order valence-corrected chi connectivity index (χ2v) is 5.31. The van der Waals surface area contributed by atoms with E-state index in [1.54, 1.807) is 11.3 Å². The fraction of sp³-hybridized carbons (Fsp3) is 0.0833. The molecule has 4 heteroatoms. The predicted octanol–water partition coefficient (Wildman–Crippen LogP) is 4.13. The molecular formula is C12H9BrN2S. The Bertz CT molecular complexity index is 640. The summed E-state index contributed by atoms with van der Waals surface area (Å²) in [5, 5.41) is 2.07. The third-order valence-electron chi connectivity index (χ3n) is 2.57. The van der Waals surface area contributed by atoms with Crippen LogP contribution in [0.5, 0.6) is 0 Å². The SMILES string of the molecule is Cc1cccn2c(-c3cccs3)nc(Br)c12. The molecule has 0 aliphatic heterocycles. The first-order chi connectivity index (χ1) is 7.77. The molecule has 0 radical (unpaired) electrons. The molecular weight excluding hydrogens is 284 g/mol. The quantitative estimate of drug-likeness (QED) is 0.659. The van der Waals surface area contributed by atoms with Gasteiger partial charge in [-0.1, -0.05) is 12.1 Å². The molecule has 80 valence electrons. The minimum Gasteiger partial charge on any atom is -0.298 e. The number of imidazole rings is 1. The highest BCUT2D eigenvalue weighted by molar-refractivity contribution is 9.10. The lowest BCUT2D eigenvalue weighted by Crippen LogP contribution is -1.88. The average molecular weight is 293 g/mol. The number of aromatic nitrogens is 2. The lowest BCUT2D eigenvalue weighted by molar-refractivity contribution is 1.16. The summed E-state index contributed by atoms with van der Waals surface area (Å²) in [7, 11) is 0. The first-order valence-corrected chi connectivity index (χ1v) is 6.61. The Hall–Kier alpha value is -1.13. The van der Waals surface area contributed by atoms with E-state index < -0.39 is 0 Å². The summed E-state index contributed by atoms with van der Waals surface area (Å²) in [5.41, 5.74) is 2.37. The van der Waals surface area contributed by atoms with Crippen LogP contribution in [-0.4, -0.2) is 9.38 Å². The fourth-order valence-electron chi connectivity index (χ4n) is 1.83. The molecule has 0 aliphatic rings. The number of pyridine rings is 1. The Balaban J connectivity index is 2.40. The van der Waals surface area contributed by atoms with Gasteiger partial charge in [0.15, 0.2) is 5.82 Å². The van der Waals surface area contributed by atoms with E-state index in [0.29, 0.717) is 0 Å². The van der Waals surface area contributed by atoms with Crippen LogP contribution in [0.25, 0.3) is 16.2 Å². The number of nitrogens with zero attached hydrogens (tertiary/aromatic N) is 2. The first-order valence-electron chi connectivity index (χ1n) is 4.94. The average Bonchev–Trinajstić information content (AvgIpc) is 2.86. The van der Waals surface area contributed by atoms with E-state index >= 15 is 0 Å². The minimum atomic E-state index is 0.911. The van der Waals surface area contributed by atoms with Gasteiger partial charge in [-0.15, -0.1) is 11.3 Å². The number of hydrogen-bond acceptors (Lipinski definition) is 2. The van der Waals surface area contributed by atoms with Gasteiger partial charge in [-0.2, -0.15) is 0 Å². The molecule has 0 saturated carbocycles. The van der Waals surface area contributed by atoms with Crippen LogP contribution in [0.2, 0.25) is 0 Å². The molecule has 0 saturated heterocycles. The molecule has 3 rings (SSSR count). The molecule has 0 amide bonds. The van der Waals surface area contributed by atoms with Crippen molar-refractivity contribution in [3.05, 3.63) is 46.0 Å². The van der Waals surface area contributed by atoms with Crippen molar-refractivity contribution < 1.29 is 0 Å². The zero-order valence-electron chi connectivity index (χ0n) is 8.64. The molecule has 0 aliphatic carbocycles. The summed E-state index contributed by atoms with van der Waals surface area (Å²) in [6.45, 7) is 2.10. The molecule has 3 aromatic rings. The standard InChI is InChI=1S/C12H9BrN2S/c1-8-4-2-6-15-10(8)11(13)14-12(15)9-5-3-7-16-9/h2-7H,1H3. The van der Waals surface area contributed by atoms with Gasteiger partial charge in [0, 0.05) is 6.20 Å². The van der Waals surface area contributed by atoms with Crippen molar-refractivity contribution in [3.8, 4) is 10.7 Å². The van der Waals surface area contributed by atoms with Crippen LogP contribution < -0.4 is 0 Å². The normalized spacial score (nSPS) is 11.1. The Morgan fingerprint density at radius 3 is 2.94 bits per heavy atom. The van der Waals surface area contributed by atoms with E-state index in [4.69, 9.17) is 0 Å². The Morgan fingerprint density at radius 1 is 1.31 bits per heavy atom. The highest BCUT2D eigenvalue weighted by Crippen LogP contribution is 2.30. The van der Waals surface area contributed by atoms with E-state index in [1.807, 2.05) is 12.1 Å². The van der Waals surface area contributed by atoms with Crippen molar-refractivity contribution in [1.29, 1.82) is 0 Å². The van der Waals surface area contributed by atoms with Crippen molar-refractivity contribution in [2.75, 3.05) is 0 Å². The molecule has 3 heterocycles. The van der Waals surface area contributed by atoms with Crippen LogP contribution in [0.1, 0.15) is 5.56 Å². The van der Waals surface area contributed by atoms with Crippen LogP contribution in [-0.2, 0) is 0 Å².